The minimum absolute atomic E-state index is 0.0968. The Bertz CT molecular complexity index is 1570. The van der Waals surface area contributed by atoms with Crippen LogP contribution in [-0.2, 0) is 11.5 Å². The molecule has 1 saturated heterocycles. The molecule has 0 amide bonds. The van der Waals surface area contributed by atoms with Crippen molar-refractivity contribution in [3.63, 3.8) is 0 Å². The van der Waals surface area contributed by atoms with Crippen molar-refractivity contribution in [3.05, 3.63) is 70.7 Å². The summed E-state index contributed by atoms with van der Waals surface area (Å²) in [6.45, 7) is 11.1. The van der Waals surface area contributed by atoms with Crippen LogP contribution in [-0.4, -0.2) is 72.3 Å². The zero-order valence-corrected chi connectivity index (χ0v) is 25.3. The Morgan fingerprint density at radius 3 is 2.57 bits per heavy atom. The number of benzene rings is 2. The quantitative estimate of drug-likeness (QED) is 0.0957. The summed E-state index contributed by atoms with van der Waals surface area (Å²) in [6.07, 6.45) is 1.84. The Balaban J connectivity index is 1.43. The minimum Gasteiger partial charge on any atom is -0.438 e. The third kappa shape index (κ3) is 7.22. The molecule has 2 aromatic carbocycles. The van der Waals surface area contributed by atoms with E-state index in [1.807, 2.05) is 21.7 Å². The van der Waals surface area contributed by atoms with Crippen LogP contribution in [0.3, 0.4) is 0 Å². The van der Waals surface area contributed by atoms with E-state index in [-0.39, 0.29) is 35.8 Å². The molecule has 1 aliphatic rings. The van der Waals surface area contributed by atoms with E-state index in [2.05, 4.69) is 41.9 Å². The molecule has 1 aliphatic heterocycles. The Morgan fingerprint density at radius 1 is 1.07 bits per heavy atom. The van der Waals surface area contributed by atoms with Crippen LogP contribution in [0.4, 0.5) is 27.4 Å². The highest BCUT2D eigenvalue weighted by molar-refractivity contribution is 6.76. The average molecular weight is 594 g/mol. The fourth-order valence-electron chi connectivity index (χ4n) is 4.61. The normalized spacial score (nSPS) is 14.4. The topological polar surface area (TPSA) is 111 Å². The van der Waals surface area contributed by atoms with Crippen molar-refractivity contribution in [1.29, 1.82) is 0 Å². The summed E-state index contributed by atoms with van der Waals surface area (Å²) in [5.74, 6) is 0.324. The SMILES string of the molecule is CN1CCN(c2ccc(Nc3nc(Oc4cccc([N+](=O)[O-])c4)c4ccn(COCC[Si](C)(C)C)c4n3)cc2F)CC1. The van der Waals surface area contributed by atoms with Crippen molar-refractivity contribution in [2.24, 2.45) is 0 Å². The molecule has 0 unspecified atom stereocenters. The highest BCUT2D eigenvalue weighted by atomic mass is 28.3. The number of hydrogen-bond acceptors (Lipinski definition) is 9. The van der Waals surface area contributed by atoms with Crippen LogP contribution in [0.2, 0.25) is 25.7 Å². The molecule has 42 heavy (non-hydrogen) atoms. The van der Waals surface area contributed by atoms with Crippen molar-refractivity contribution in [3.8, 4) is 11.6 Å². The van der Waals surface area contributed by atoms with E-state index in [4.69, 9.17) is 14.5 Å². The number of anilines is 3. The van der Waals surface area contributed by atoms with Gasteiger partial charge in [-0.3, -0.25) is 10.1 Å². The molecule has 3 heterocycles. The van der Waals surface area contributed by atoms with Gasteiger partial charge in [0, 0.05) is 58.8 Å². The van der Waals surface area contributed by atoms with E-state index in [1.165, 1.54) is 18.2 Å². The van der Waals surface area contributed by atoms with Gasteiger partial charge >= 0.3 is 0 Å². The lowest BCUT2D eigenvalue weighted by molar-refractivity contribution is -0.384. The van der Waals surface area contributed by atoms with Crippen molar-refractivity contribution in [2.45, 2.75) is 32.4 Å². The lowest BCUT2D eigenvalue weighted by Gasteiger charge is -2.34. The van der Waals surface area contributed by atoms with Gasteiger partial charge in [-0.2, -0.15) is 9.97 Å². The molecule has 0 atom stereocenters. The van der Waals surface area contributed by atoms with E-state index < -0.39 is 13.0 Å². The average Bonchev–Trinajstić information content (AvgIpc) is 3.34. The van der Waals surface area contributed by atoms with Gasteiger partial charge in [-0.15, -0.1) is 0 Å². The zero-order chi connectivity index (χ0) is 29.9. The Morgan fingerprint density at radius 2 is 1.86 bits per heavy atom. The first-order valence-electron chi connectivity index (χ1n) is 13.9. The lowest BCUT2D eigenvalue weighted by atomic mass is 10.2. The maximum Gasteiger partial charge on any atom is 0.273 e. The van der Waals surface area contributed by atoms with Gasteiger partial charge in [-0.25, -0.2) is 4.39 Å². The fraction of sp³-hybridized carbons (Fsp3) is 0.379. The lowest BCUT2D eigenvalue weighted by Crippen LogP contribution is -2.44. The number of non-ortho nitro benzene ring substituents is 1. The van der Waals surface area contributed by atoms with Gasteiger partial charge < -0.3 is 29.2 Å². The number of fused-ring (bicyclic) bond motifs is 1. The van der Waals surface area contributed by atoms with E-state index in [0.717, 1.165) is 32.2 Å². The molecular formula is C29H36FN7O4Si. The van der Waals surface area contributed by atoms with Gasteiger partial charge in [0.25, 0.3) is 5.69 Å². The molecule has 0 aliphatic carbocycles. The van der Waals surface area contributed by atoms with E-state index in [9.17, 15) is 10.1 Å². The van der Waals surface area contributed by atoms with Crippen LogP contribution in [0.15, 0.2) is 54.7 Å². The van der Waals surface area contributed by atoms with Gasteiger partial charge in [-0.1, -0.05) is 25.7 Å². The van der Waals surface area contributed by atoms with Crippen LogP contribution in [0.25, 0.3) is 11.0 Å². The maximum absolute atomic E-state index is 15.2. The largest absolute Gasteiger partial charge is 0.438 e. The molecule has 0 radical (unpaired) electrons. The molecular weight excluding hydrogens is 557 g/mol. The Hall–Kier alpha value is -4.07. The fourth-order valence-corrected chi connectivity index (χ4v) is 5.36. The molecule has 11 nitrogen and oxygen atoms in total. The van der Waals surface area contributed by atoms with Crippen LogP contribution in [0.1, 0.15) is 0 Å². The highest BCUT2D eigenvalue weighted by Crippen LogP contribution is 2.32. The van der Waals surface area contributed by atoms with Crippen LogP contribution < -0.4 is 15.0 Å². The smallest absolute Gasteiger partial charge is 0.273 e. The molecule has 13 heteroatoms. The third-order valence-electron chi connectivity index (χ3n) is 7.10. The van der Waals surface area contributed by atoms with Gasteiger partial charge in [0.15, 0.2) is 5.65 Å². The minimum atomic E-state index is -1.25. The van der Waals surface area contributed by atoms with E-state index in [1.54, 1.807) is 24.3 Å². The van der Waals surface area contributed by atoms with Gasteiger partial charge in [0.1, 0.15) is 18.3 Å². The molecule has 2 aromatic heterocycles. The molecule has 1 fully saturated rings. The number of rotatable bonds is 11. The summed E-state index contributed by atoms with van der Waals surface area (Å²) in [6, 6.07) is 13.7. The predicted octanol–water partition coefficient (Wildman–Crippen LogP) is 6.08. The summed E-state index contributed by atoms with van der Waals surface area (Å²) in [5.41, 5.74) is 1.50. The van der Waals surface area contributed by atoms with Gasteiger partial charge in [0.2, 0.25) is 11.8 Å². The molecule has 0 saturated carbocycles. The summed E-state index contributed by atoms with van der Waals surface area (Å²) in [5, 5.41) is 15.0. The van der Waals surface area contributed by atoms with E-state index >= 15 is 4.39 Å². The molecule has 0 spiro atoms. The molecule has 5 rings (SSSR count). The number of piperazine rings is 1. The zero-order valence-electron chi connectivity index (χ0n) is 24.3. The summed E-state index contributed by atoms with van der Waals surface area (Å²) < 4.78 is 29.1. The number of nitrogens with zero attached hydrogens (tertiary/aromatic N) is 6. The van der Waals surface area contributed by atoms with Crippen molar-refractivity contribution < 1.29 is 18.8 Å². The second-order valence-electron chi connectivity index (χ2n) is 11.7. The molecule has 222 valence electrons. The number of nitrogens with one attached hydrogen (secondary N) is 1. The summed E-state index contributed by atoms with van der Waals surface area (Å²) in [4.78, 5) is 24.3. The number of likely N-dealkylation sites (N-methyl/N-ethyl adjacent to an activating group) is 1. The van der Waals surface area contributed by atoms with Crippen LogP contribution in [0.5, 0.6) is 11.6 Å². The molecule has 4 aromatic rings. The molecule has 0 bridgehead atoms. The molecule has 1 N–H and O–H groups in total. The number of nitro benzene ring substituents is 1. The van der Waals surface area contributed by atoms with Gasteiger partial charge in [0.05, 0.1) is 22.1 Å². The van der Waals surface area contributed by atoms with Crippen LogP contribution >= 0.6 is 0 Å². The Kier molecular flexibility index (Phi) is 8.71. The predicted molar refractivity (Wildman–Crippen MR) is 164 cm³/mol. The summed E-state index contributed by atoms with van der Waals surface area (Å²) >= 11 is 0. The first-order chi connectivity index (χ1) is 20.1. The standard InChI is InChI=1S/C29H36FN7O4Si/c1-34-12-14-35(15-13-34)26-9-8-21(18-25(26)30)31-29-32-27-24(10-11-36(27)20-40-16-17-42(2,3)4)28(33-29)41-23-7-5-6-22(19-23)37(38)39/h5-11,18-19H,12-17,20H2,1-4H3,(H,31,32,33). The highest BCUT2D eigenvalue weighted by Gasteiger charge is 2.19. The van der Waals surface area contributed by atoms with Crippen LogP contribution in [0, 0.1) is 15.9 Å². The summed E-state index contributed by atoms with van der Waals surface area (Å²) in [7, 11) is 0.813. The van der Waals surface area contributed by atoms with Crippen molar-refractivity contribution in [1.82, 2.24) is 19.4 Å². The first-order valence-corrected chi connectivity index (χ1v) is 17.6. The van der Waals surface area contributed by atoms with E-state index in [0.29, 0.717) is 29.0 Å². The maximum atomic E-state index is 15.2. The second kappa shape index (κ2) is 12.4. The van der Waals surface area contributed by atoms with Gasteiger partial charge in [-0.05, 0) is 43.4 Å². The van der Waals surface area contributed by atoms with Crippen molar-refractivity contribution >= 4 is 42.1 Å². The second-order valence-corrected chi connectivity index (χ2v) is 17.3. The Labute approximate surface area is 245 Å². The monoisotopic (exact) mass is 593 g/mol. The number of nitro groups is 1. The number of halogens is 1. The first kappa shape index (κ1) is 29.4. The number of hydrogen-bond donors (Lipinski definition) is 1. The number of aromatic nitrogens is 3. The number of ether oxygens (including phenoxy) is 2. The van der Waals surface area contributed by atoms with Crippen molar-refractivity contribution in [2.75, 3.05) is 50.1 Å². The third-order valence-corrected chi connectivity index (χ3v) is 8.81.